The third-order valence-electron chi connectivity index (χ3n) is 5.58. The Morgan fingerprint density at radius 2 is 1.94 bits per heavy atom. The van der Waals surface area contributed by atoms with Gasteiger partial charge in [-0.1, -0.05) is 12.0 Å². The van der Waals surface area contributed by atoms with Crippen molar-refractivity contribution >= 4 is 28.5 Å². The van der Waals surface area contributed by atoms with E-state index in [1.54, 1.807) is 62.5 Å². The Bertz CT molecular complexity index is 1470. The summed E-state index contributed by atoms with van der Waals surface area (Å²) < 4.78 is 12.5. The van der Waals surface area contributed by atoms with E-state index in [2.05, 4.69) is 21.3 Å². The van der Waals surface area contributed by atoms with E-state index in [0.29, 0.717) is 45.9 Å². The first kappa shape index (κ1) is 24.3. The van der Waals surface area contributed by atoms with Gasteiger partial charge >= 0.3 is 0 Å². The average Bonchev–Trinajstić information content (AvgIpc) is 3.30. The first-order valence-corrected chi connectivity index (χ1v) is 11.1. The predicted octanol–water partition coefficient (Wildman–Crippen LogP) is 3.19. The van der Waals surface area contributed by atoms with E-state index in [4.69, 9.17) is 15.9 Å². The number of pyridine rings is 1. The van der Waals surface area contributed by atoms with Crippen LogP contribution >= 0.6 is 0 Å². The molecule has 182 valence electrons. The van der Waals surface area contributed by atoms with E-state index >= 15 is 0 Å². The lowest BCUT2D eigenvalue weighted by atomic mass is 10.2. The lowest BCUT2D eigenvalue weighted by Gasteiger charge is -2.17. The van der Waals surface area contributed by atoms with Crippen LogP contribution in [0, 0.1) is 12.3 Å². The molecular formula is C27H25N5O4. The minimum atomic E-state index is -0.338. The van der Waals surface area contributed by atoms with Crippen LogP contribution in [0.15, 0.2) is 60.9 Å². The highest BCUT2D eigenvalue weighted by Gasteiger charge is 2.18. The third-order valence-corrected chi connectivity index (χ3v) is 5.58. The quantitative estimate of drug-likeness (QED) is 0.387. The molecule has 0 saturated heterocycles. The highest BCUT2D eigenvalue weighted by atomic mass is 16.5. The van der Waals surface area contributed by atoms with Crippen LogP contribution in [-0.4, -0.2) is 59.3 Å². The highest BCUT2D eigenvalue weighted by molar-refractivity contribution is 6.00. The molecule has 0 bridgehead atoms. The molecule has 0 spiro atoms. The number of carbonyl (C=O) groups excluding carboxylic acids is 2. The molecule has 2 heterocycles. The zero-order valence-electron chi connectivity index (χ0n) is 20.2. The van der Waals surface area contributed by atoms with Gasteiger partial charge in [-0.05, 0) is 36.4 Å². The summed E-state index contributed by atoms with van der Waals surface area (Å²) in [5, 5.41) is 7.88. The number of ether oxygens (including phenoxy) is 2. The molecule has 2 aromatic heterocycles. The highest BCUT2D eigenvalue weighted by Crippen LogP contribution is 2.26. The normalized spacial score (nSPS) is 10.5. The molecule has 0 atom stereocenters. The Morgan fingerprint density at radius 3 is 2.69 bits per heavy atom. The number of amides is 2. The lowest BCUT2D eigenvalue weighted by molar-refractivity contribution is -0.116. The fourth-order valence-electron chi connectivity index (χ4n) is 3.74. The number of aromatic nitrogens is 3. The number of nitrogens with zero attached hydrogens (tertiary/aromatic N) is 4. The summed E-state index contributed by atoms with van der Waals surface area (Å²) in [5.41, 5.74) is 3.11. The number of methoxy groups -OCH3 is 2. The molecule has 0 aliphatic carbocycles. The first-order valence-electron chi connectivity index (χ1n) is 11.1. The van der Waals surface area contributed by atoms with Gasteiger partial charge in [-0.15, -0.1) is 6.42 Å². The van der Waals surface area contributed by atoms with Gasteiger partial charge in [0, 0.05) is 41.5 Å². The Hall–Kier alpha value is -4.84. The molecule has 2 aromatic carbocycles. The molecule has 1 N–H and O–H groups in total. The predicted molar refractivity (Wildman–Crippen MR) is 136 cm³/mol. The van der Waals surface area contributed by atoms with Gasteiger partial charge in [0.25, 0.3) is 5.91 Å². The standard InChI is InChI=1S/C27H25N5O4/c1-5-18-7-6-8-22(11-18)30-25(33)17-31(2)27(34)21-12-20-15-29-32(26(20)28-14-21)16-19-9-10-23(35-3)13-24(19)36-4/h1,6-15H,16-17H2,2-4H3,(H,30,33). The van der Waals surface area contributed by atoms with E-state index in [9.17, 15) is 9.59 Å². The minimum Gasteiger partial charge on any atom is -0.497 e. The molecule has 4 aromatic rings. The average molecular weight is 484 g/mol. The van der Waals surface area contributed by atoms with Gasteiger partial charge in [-0.2, -0.15) is 5.10 Å². The van der Waals surface area contributed by atoms with E-state index in [0.717, 1.165) is 5.56 Å². The number of benzene rings is 2. The zero-order valence-corrected chi connectivity index (χ0v) is 20.2. The Balaban J connectivity index is 1.45. The number of likely N-dealkylation sites (N-methyl/N-ethyl adjacent to an activating group) is 1. The summed E-state index contributed by atoms with van der Waals surface area (Å²) in [5.74, 6) is 3.22. The van der Waals surface area contributed by atoms with E-state index in [1.807, 2.05) is 18.2 Å². The maximum atomic E-state index is 12.9. The Morgan fingerprint density at radius 1 is 1.11 bits per heavy atom. The van der Waals surface area contributed by atoms with Crippen LogP contribution in [0.5, 0.6) is 11.5 Å². The van der Waals surface area contributed by atoms with Crippen molar-refractivity contribution < 1.29 is 19.1 Å². The second kappa shape index (κ2) is 10.6. The molecule has 2 amide bonds. The van der Waals surface area contributed by atoms with Gasteiger partial charge in [-0.25, -0.2) is 9.67 Å². The van der Waals surface area contributed by atoms with Crippen LogP contribution in [0.25, 0.3) is 11.0 Å². The number of fused-ring (bicyclic) bond motifs is 1. The first-order chi connectivity index (χ1) is 17.4. The van der Waals surface area contributed by atoms with E-state index in [-0.39, 0.29) is 18.4 Å². The summed E-state index contributed by atoms with van der Waals surface area (Å²) in [4.78, 5) is 31.2. The number of hydrogen-bond donors (Lipinski definition) is 1. The lowest BCUT2D eigenvalue weighted by Crippen LogP contribution is -2.35. The molecule has 4 rings (SSSR count). The number of nitrogens with one attached hydrogen (secondary N) is 1. The molecule has 0 aliphatic heterocycles. The van der Waals surface area contributed by atoms with Crippen molar-refractivity contribution in [1.29, 1.82) is 0 Å². The molecule has 0 fully saturated rings. The Kier molecular flexibility index (Phi) is 7.16. The smallest absolute Gasteiger partial charge is 0.255 e. The van der Waals surface area contributed by atoms with Crippen LogP contribution in [0.3, 0.4) is 0 Å². The molecule has 9 nitrogen and oxygen atoms in total. The summed E-state index contributed by atoms with van der Waals surface area (Å²) in [6.07, 6.45) is 8.54. The van der Waals surface area contributed by atoms with Gasteiger partial charge in [0.2, 0.25) is 5.91 Å². The van der Waals surface area contributed by atoms with Gasteiger partial charge < -0.3 is 19.7 Å². The van der Waals surface area contributed by atoms with Crippen molar-refractivity contribution in [3.05, 3.63) is 77.6 Å². The largest absolute Gasteiger partial charge is 0.497 e. The van der Waals surface area contributed by atoms with Gasteiger partial charge in [-0.3, -0.25) is 9.59 Å². The number of carbonyl (C=O) groups is 2. The van der Waals surface area contributed by atoms with Crippen LogP contribution in [0.2, 0.25) is 0 Å². The fourth-order valence-corrected chi connectivity index (χ4v) is 3.74. The number of hydrogen-bond acceptors (Lipinski definition) is 6. The molecule has 0 radical (unpaired) electrons. The zero-order chi connectivity index (χ0) is 25.7. The molecule has 0 saturated carbocycles. The SMILES string of the molecule is C#Cc1cccc(NC(=O)CN(C)C(=O)c2cnc3c(cnn3Cc3ccc(OC)cc3OC)c2)c1. The number of anilines is 1. The van der Waals surface area contributed by atoms with Crippen LogP contribution in [0.4, 0.5) is 5.69 Å². The van der Waals surface area contributed by atoms with Crippen molar-refractivity contribution in [3.8, 4) is 23.8 Å². The minimum absolute atomic E-state index is 0.131. The molecule has 0 aliphatic rings. The summed E-state index contributed by atoms with van der Waals surface area (Å²) in [7, 11) is 4.76. The molecule has 9 heteroatoms. The molecule has 0 unspecified atom stereocenters. The van der Waals surface area contributed by atoms with Crippen molar-refractivity contribution in [1.82, 2.24) is 19.7 Å². The van der Waals surface area contributed by atoms with Crippen molar-refractivity contribution in [2.75, 3.05) is 33.1 Å². The fraction of sp³-hybridized carbons (Fsp3) is 0.185. The number of rotatable bonds is 8. The van der Waals surface area contributed by atoms with Crippen molar-refractivity contribution in [2.24, 2.45) is 0 Å². The van der Waals surface area contributed by atoms with E-state index < -0.39 is 0 Å². The maximum absolute atomic E-state index is 12.9. The summed E-state index contributed by atoms with van der Waals surface area (Å²) in [6, 6.07) is 14.2. The van der Waals surface area contributed by atoms with E-state index in [1.165, 1.54) is 11.1 Å². The monoisotopic (exact) mass is 483 g/mol. The summed E-state index contributed by atoms with van der Waals surface area (Å²) >= 11 is 0. The molecular weight excluding hydrogens is 458 g/mol. The second-order valence-corrected chi connectivity index (χ2v) is 8.05. The Labute approximate surface area is 208 Å². The topological polar surface area (TPSA) is 98.6 Å². The third kappa shape index (κ3) is 5.28. The van der Waals surface area contributed by atoms with Gasteiger partial charge in [0.1, 0.15) is 11.5 Å². The second-order valence-electron chi connectivity index (χ2n) is 8.05. The van der Waals surface area contributed by atoms with Crippen LogP contribution in [-0.2, 0) is 11.3 Å². The van der Waals surface area contributed by atoms with Crippen LogP contribution in [0.1, 0.15) is 21.5 Å². The maximum Gasteiger partial charge on any atom is 0.255 e. The van der Waals surface area contributed by atoms with Crippen molar-refractivity contribution in [2.45, 2.75) is 6.54 Å². The van der Waals surface area contributed by atoms with Crippen LogP contribution < -0.4 is 14.8 Å². The van der Waals surface area contributed by atoms with Crippen molar-refractivity contribution in [3.63, 3.8) is 0 Å². The van der Waals surface area contributed by atoms with Gasteiger partial charge in [0.15, 0.2) is 5.65 Å². The van der Waals surface area contributed by atoms with Gasteiger partial charge in [0.05, 0.1) is 39.1 Å². The summed E-state index contributed by atoms with van der Waals surface area (Å²) in [6.45, 7) is 0.297. The number of terminal acetylenes is 1. The molecule has 36 heavy (non-hydrogen) atoms.